The van der Waals surface area contributed by atoms with Gasteiger partial charge in [0.1, 0.15) is 0 Å². The second-order valence-corrected chi connectivity index (χ2v) is 5.21. The number of benzene rings is 1. The molecule has 0 unspecified atom stereocenters. The minimum atomic E-state index is 0.469. The van der Waals surface area contributed by atoms with E-state index in [9.17, 15) is 0 Å². The molecule has 21 heavy (non-hydrogen) atoms. The van der Waals surface area contributed by atoms with Gasteiger partial charge < -0.3 is 5.32 Å². The number of hydrogen-bond acceptors (Lipinski definition) is 4. The summed E-state index contributed by atoms with van der Waals surface area (Å²) in [6, 6.07) is 7.69. The first-order valence-corrected chi connectivity index (χ1v) is 6.97. The molecule has 0 radical (unpaired) electrons. The quantitative estimate of drug-likeness (QED) is 0.795. The lowest BCUT2D eigenvalue weighted by Gasteiger charge is -2.04. The van der Waals surface area contributed by atoms with Crippen molar-refractivity contribution in [2.45, 2.75) is 6.54 Å². The van der Waals surface area contributed by atoms with Crippen LogP contribution >= 0.6 is 23.2 Å². The van der Waals surface area contributed by atoms with Crippen LogP contribution in [-0.4, -0.2) is 19.7 Å². The van der Waals surface area contributed by atoms with Crippen LogP contribution in [0.15, 0.2) is 49.1 Å². The van der Waals surface area contributed by atoms with E-state index in [1.807, 2.05) is 30.5 Å². The van der Waals surface area contributed by atoms with Crippen LogP contribution in [0.4, 0.5) is 11.6 Å². The van der Waals surface area contributed by atoms with Crippen LogP contribution in [0.1, 0.15) is 5.56 Å². The molecule has 1 N–H and O–H groups in total. The van der Waals surface area contributed by atoms with E-state index in [4.69, 9.17) is 23.2 Å². The van der Waals surface area contributed by atoms with Gasteiger partial charge in [0.2, 0.25) is 5.95 Å². The molecule has 0 saturated heterocycles. The van der Waals surface area contributed by atoms with Crippen molar-refractivity contribution in [3.05, 3.63) is 64.7 Å². The molecule has 0 saturated carbocycles. The highest BCUT2D eigenvalue weighted by Crippen LogP contribution is 2.18. The summed E-state index contributed by atoms with van der Waals surface area (Å²) in [4.78, 5) is 8.14. The van der Waals surface area contributed by atoms with Gasteiger partial charge in [-0.2, -0.15) is 5.10 Å². The third-order valence-corrected chi connectivity index (χ3v) is 3.36. The number of nitrogens with zero attached hydrogens (tertiary/aromatic N) is 4. The normalized spacial score (nSPS) is 10.6. The Hall–Kier alpha value is -2.11. The van der Waals surface area contributed by atoms with E-state index in [1.165, 1.54) is 12.4 Å². The van der Waals surface area contributed by atoms with E-state index in [0.29, 0.717) is 17.5 Å². The van der Waals surface area contributed by atoms with Crippen LogP contribution in [0, 0.1) is 0 Å². The van der Waals surface area contributed by atoms with E-state index in [-0.39, 0.29) is 0 Å². The van der Waals surface area contributed by atoms with E-state index < -0.39 is 0 Å². The van der Waals surface area contributed by atoms with Gasteiger partial charge in [0.15, 0.2) is 0 Å². The summed E-state index contributed by atoms with van der Waals surface area (Å²) < 4.78 is 1.79. The standard InChI is InChI=1S/C14H11Cl2N5/c15-11-5-17-14(18-6-11)20-12-7-19-21(9-12)8-10-3-1-2-4-13(10)16/h1-7,9H,8H2,(H,17,18,20). The van der Waals surface area contributed by atoms with Crippen molar-refractivity contribution in [2.75, 3.05) is 5.32 Å². The van der Waals surface area contributed by atoms with E-state index >= 15 is 0 Å². The molecule has 3 aromatic rings. The minimum absolute atomic E-state index is 0.469. The topological polar surface area (TPSA) is 55.6 Å². The molecule has 0 aliphatic heterocycles. The molecule has 1 aromatic carbocycles. The molecule has 3 rings (SSSR count). The van der Waals surface area contributed by atoms with Crippen molar-refractivity contribution in [2.24, 2.45) is 0 Å². The van der Waals surface area contributed by atoms with Crippen LogP contribution in [0.5, 0.6) is 0 Å². The van der Waals surface area contributed by atoms with Gasteiger partial charge in [-0.15, -0.1) is 0 Å². The summed E-state index contributed by atoms with van der Waals surface area (Å²) in [5.74, 6) is 0.469. The maximum Gasteiger partial charge on any atom is 0.227 e. The number of rotatable bonds is 4. The summed E-state index contributed by atoms with van der Waals surface area (Å²) in [6.45, 7) is 0.600. The summed E-state index contributed by atoms with van der Waals surface area (Å²) in [7, 11) is 0. The predicted molar refractivity (Wildman–Crippen MR) is 83.1 cm³/mol. The SMILES string of the molecule is Clc1cnc(Nc2cnn(Cc3ccccc3Cl)c2)nc1. The molecule has 2 heterocycles. The Bertz CT molecular complexity index is 739. The van der Waals surface area contributed by atoms with Gasteiger partial charge >= 0.3 is 0 Å². The van der Waals surface area contributed by atoms with Crippen LogP contribution in [0.3, 0.4) is 0 Å². The molecule has 106 valence electrons. The molecule has 0 fully saturated rings. The summed E-state index contributed by atoms with van der Waals surface area (Å²) >= 11 is 11.9. The Kier molecular flexibility index (Phi) is 4.03. The molecule has 0 bridgehead atoms. The number of nitrogens with one attached hydrogen (secondary N) is 1. The zero-order chi connectivity index (χ0) is 14.7. The van der Waals surface area contributed by atoms with Gasteiger partial charge in [-0.1, -0.05) is 41.4 Å². The molecule has 0 aliphatic rings. The van der Waals surface area contributed by atoms with Gasteiger partial charge in [0, 0.05) is 11.2 Å². The molecular formula is C14H11Cl2N5. The minimum Gasteiger partial charge on any atom is -0.321 e. The Labute approximate surface area is 131 Å². The molecular weight excluding hydrogens is 309 g/mol. The first-order valence-electron chi connectivity index (χ1n) is 6.21. The third kappa shape index (κ3) is 3.51. The van der Waals surface area contributed by atoms with Gasteiger partial charge in [-0.05, 0) is 11.6 Å². The average molecular weight is 320 g/mol. The largest absolute Gasteiger partial charge is 0.321 e. The zero-order valence-electron chi connectivity index (χ0n) is 10.9. The van der Waals surface area contributed by atoms with Crippen molar-refractivity contribution in [3.8, 4) is 0 Å². The fourth-order valence-electron chi connectivity index (χ4n) is 1.82. The Morgan fingerprint density at radius 2 is 1.81 bits per heavy atom. The number of aromatic nitrogens is 4. The maximum atomic E-state index is 6.14. The number of anilines is 2. The second-order valence-electron chi connectivity index (χ2n) is 4.37. The zero-order valence-corrected chi connectivity index (χ0v) is 12.4. The highest BCUT2D eigenvalue weighted by molar-refractivity contribution is 6.31. The predicted octanol–water partition coefficient (Wildman–Crippen LogP) is 3.77. The smallest absolute Gasteiger partial charge is 0.227 e. The molecule has 0 aliphatic carbocycles. The number of halogens is 2. The van der Waals surface area contributed by atoms with E-state index in [2.05, 4.69) is 20.4 Å². The van der Waals surface area contributed by atoms with Gasteiger partial charge in [0.05, 0.1) is 35.8 Å². The molecule has 7 heteroatoms. The summed E-state index contributed by atoms with van der Waals surface area (Å²) in [5, 5.41) is 8.56. The number of hydrogen-bond donors (Lipinski definition) is 1. The third-order valence-electron chi connectivity index (χ3n) is 2.80. The first-order chi connectivity index (χ1) is 10.2. The molecule has 0 atom stereocenters. The van der Waals surface area contributed by atoms with Gasteiger partial charge in [-0.25, -0.2) is 9.97 Å². The fourth-order valence-corrected chi connectivity index (χ4v) is 2.11. The van der Waals surface area contributed by atoms with Crippen molar-refractivity contribution in [3.63, 3.8) is 0 Å². The summed E-state index contributed by atoms with van der Waals surface area (Å²) in [5.41, 5.74) is 1.81. The van der Waals surface area contributed by atoms with Crippen LogP contribution in [0.25, 0.3) is 0 Å². The monoisotopic (exact) mass is 319 g/mol. The molecule has 0 amide bonds. The van der Waals surface area contributed by atoms with Crippen molar-refractivity contribution >= 4 is 34.8 Å². The first kappa shape index (κ1) is 13.9. The Morgan fingerprint density at radius 1 is 1.05 bits per heavy atom. The van der Waals surface area contributed by atoms with Crippen LogP contribution in [0.2, 0.25) is 10.0 Å². The lowest BCUT2D eigenvalue weighted by Crippen LogP contribution is -2.00. The molecule has 2 aromatic heterocycles. The van der Waals surface area contributed by atoms with Crippen LogP contribution < -0.4 is 5.32 Å². The Morgan fingerprint density at radius 3 is 2.57 bits per heavy atom. The maximum absolute atomic E-state index is 6.14. The van der Waals surface area contributed by atoms with Crippen molar-refractivity contribution < 1.29 is 0 Å². The average Bonchev–Trinajstić information content (AvgIpc) is 2.91. The Balaban J connectivity index is 1.72. The van der Waals surface area contributed by atoms with Crippen molar-refractivity contribution in [1.29, 1.82) is 0 Å². The van der Waals surface area contributed by atoms with E-state index in [0.717, 1.165) is 16.3 Å². The summed E-state index contributed by atoms with van der Waals surface area (Å²) in [6.07, 6.45) is 6.63. The fraction of sp³-hybridized carbons (Fsp3) is 0.0714. The molecule has 0 spiro atoms. The lowest BCUT2D eigenvalue weighted by atomic mass is 10.2. The second kappa shape index (κ2) is 6.11. The molecule has 5 nitrogen and oxygen atoms in total. The van der Waals surface area contributed by atoms with Gasteiger partial charge in [0.25, 0.3) is 0 Å². The van der Waals surface area contributed by atoms with Crippen LogP contribution in [-0.2, 0) is 6.54 Å². The van der Waals surface area contributed by atoms with Crippen molar-refractivity contribution in [1.82, 2.24) is 19.7 Å². The van der Waals surface area contributed by atoms with Gasteiger partial charge in [-0.3, -0.25) is 4.68 Å². The van der Waals surface area contributed by atoms with E-state index in [1.54, 1.807) is 10.9 Å². The highest BCUT2D eigenvalue weighted by Gasteiger charge is 2.04. The highest BCUT2D eigenvalue weighted by atomic mass is 35.5. The lowest BCUT2D eigenvalue weighted by molar-refractivity contribution is 0.687.